The SMILES string of the molecule is CC(C)[C@H](NC(=O)COc1ccc2ccccc2c1)c1ccc2c(c1)OCCCO2. The van der Waals surface area contributed by atoms with Crippen molar-refractivity contribution >= 4 is 16.7 Å². The van der Waals surface area contributed by atoms with E-state index in [-0.39, 0.29) is 24.5 Å². The predicted octanol–water partition coefficient (Wildman–Crippen LogP) is 4.89. The van der Waals surface area contributed by atoms with E-state index in [2.05, 4.69) is 19.2 Å². The van der Waals surface area contributed by atoms with E-state index in [4.69, 9.17) is 14.2 Å². The summed E-state index contributed by atoms with van der Waals surface area (Å²) in [6.07, 6.45) is 0.862. The van der Waals surface area contributed by atoms with Gasteiger partial charge in [-0.05, 0) is 46.5 Å². The Morgan fingerprint density at radius 3 is 2.53 bits per heavy atom. The van der Waals surface area contributed by atoms with Crippen LogP contribution in [0.25, 0.3) is 10.8 Å². The fraction of sp³-hybridized carbons (Fsp3) is 0.320. The Morgan fingerprint density at radius 1 is 0.967 bits per heavy atom. The minimum Gasteiger partial charge on any atom is -0.490 e. The highest BCUT2D eigenvalue weighted by atomic mass is 16.5. The molecule has 0 saturated carbocycles. The average molecular weight is 405 g/mol. The normalized spacial score (nSPS) is 14.2. The van der Waals surface area contributed by atoms with E-state index in [1.54, 1.807) is 0 Å². The highest BCUT2D eigenvalue weighted by molar-refractivity contribution is 5.84. The first-order chi connectivity index (χ1) is 14.6. The van der Waals surface area contributed by atoms with Gasteiger partial charge < -0.3 is 19.5 Å². The summed E-state index contributed by atoms with van der Waals surface area (Å²) in [6, 6.07) is 19.6. The molecule has 1 aliphatic heterocycles. The van der Waals surface area contributed by atoms with Gasteiger partial charge in [0.25, 0.3) is 5.91 Å². The van der Waals surface area contributed by atoms with Gasteiger partial charge in [-0.2, -0.15) is 0 Å². The van der Waals surface area contributed by atoms with Gasteiger partial charge in [0.2, 0.25) is 0 Å². The fourth-order valence-electron chi connectivity index (χ4n) is 3.63. The van der Waals surface area contributed by atoms with Crippen molar-refractivity contribution in [1.29, 1.82) is 0 Å². The van der Waals surface area contributed by atoms with E-state index in [1.165, 1.54) is 0 Å². The Bertz CT molecular complexity index is 1030. The fourth-order valence-corrected chi connectivity index (χ4v) is 3.63. The van der Waals surface area contributed by atoms with Gasteiger partial charge in [0.05, 0.1) is 19.3 Å². The number of carbonyl (C=O) groups is 1. The maximum atomic E-state index is 12.6. The molecule has 156 valence electrons. The Hall–Kier alpha value is -3.21. The first-order valence-electron chi connectivity index (χ1n) is 10.4. The van der Waals surface area contributed by atoms with Crippen molar-refractivity contribution in [2.24, 2.45) is 5.92 Å². The predicted molar refractivity (Wildman–Crippen MR) is 117 cm³/mol. The largest absolute Gasteiger partial charge is 0.490 e. The van der Waals surface area contributed by atoms with Gasteiger partial charge in [-0.1, -0.05) is 50.2 Å². The third-order valence-corrected chi connectivity index (χ3v) is 5.20. The molecule has 5 nitrogen and oxygen atoms in total. The van der Waals surface area contributed by atoms with Gasteiger partial charge in [0, 0.05) is 6.42 Å². The van der Waals surface area contributed by atoms with E-state index in [9.17, 15) is 4.79 Å². The molecule has 0 spiro atoms. The van der Waals surface area contributed by atoms with Crippen LogP contribution in [0.1, 0.15) is 31.9 Å². The van der Waals surface area contributed by atoms with Crippen LogP contribution in [0.2, 0.25) is 0 Å². The summed E-state index contributed by atoms with van der Waals surface area (Å²) in [6.45, 7) is 5.42. The van der Waals surface area contributed by atoms with Crippen molar-refractivity contribution in [3.05, 3.63) is 66.2 Å². The lowest BCUT2D eigenvalue weighted by Crippen LogP contribution is -2.35. The van der Waals surface area contributed by atoms with E-state index < -0.39 is 0 Å². The number of amides is 1. The number of carbonyl (C=O) groups excluding carboxylic acids is 1. The van der Waals surface area contributed by atoms with Crippen LogP contribution in [-0.2, 0) is 4.79 Å². The number of rotatable bonds is 6. The van der Waals surface area contributed by atoms with Crippen LogP contribution < -0.4 is 19.5 Å². The minimum atomic E-state index is -0.158. The van der Waals surface area contributed by atoms with Gasteiger partial charge >= 0.3 is 0 Å². The van der Waals surface area contributed by atoms with Gasteiger partial charge in [-0.3, -0.25) is 4.79 Å². The van der Waals surface area contributed by atoms with E-state index >= 15 is 0 Å². The van der Waals surface area contributed by atoms with E-state index in [0.717, 1.165) is 34.3 Å². The molecule has 0 saturated heterocycles. The number of ether oxygens (including phenoxy) is 3. The molecule has 3 aromatic carbocycles. The molecule has 1 aliphatic rings. The second-order valence-electron chi connectivity index (χ2n) is 7.84. The van der Waals surface area contributed by atoms with Crippen LogP contribution in [0.4, 0.5) is 0 Å². The lowest BCUT2D eigenvalue weighted by Gasteiger charge is -2.24. The van der Waals surface area contributed by atoms with Crippen molar-refractivity contribution in [2.75, 3.05) is 19.8 Å². The van der Waals surface area contributed by atoms with Gasteiger partial charge in [-0.25, -0.2) is 0 Å². The topological polar surface area (TPSA) is 56.8 Å². The number of hydrogen-bond donors (Lipinski definition) is 1. The molecule has 4 rings (SSSR count). The number of nitrogens with one attached hydrogen (secondary N) is 1. The standard InChI is InChI=1S/C25H27NO4/c1-17(2)25(20-9-11-22-23(15-20)29-13-5-12-28-22)26-24(27)16-30-21-10-8-18-6-3-4-7-19(18)14-21/h3-4,6-11,14-15,17,25H,5,12-13,16H2,1-2H3,(H,26,27)/t25-/m0/s1. The highest BCUT2D eigenvalue weighted by Crippen LogP contribution is 2.34. The Labute approximate surface area is 177 Å². The highest BCUT2D eigenvalue weighted by Gasteiger charge is 2.21. The summed E-state index contributed by atoms with van der Waals surface area (Å²) in [5.41, 5.74) is 0.994. The summed E-state index contributed by atoms with van der Waals surface area (Å²) in [5, 5.41) is 5.33. The lowest BCUT2D eigenvalue weighted by molar-refractivity contribution is -0.124. The molecule has 0 fully saturated rings. The Morgan fingerprint density at radius 2 is 1.73 bits per heavy atom. The molecule has 0 aromatic heterocycles. The molecule has 1 atom stereocenters. The summed E-state index contributed by atoms with van der Waals surface area (Å²) < 4.78 is 17.3. The van der Waals surface area contributed by atoms with Crippen molar-refractivity contribution in [2.45, 2.75) is 26.3 Å². The first-order valence-corrected chi connectivity index (χ1v) is 10.4. The zero-order chi connectivity index (χ0) is 20.9. The van der Waals surface area contributed by atoms with Crippen molar-refractivity contribution < 1.29 is 19.0 Å². The molecule has 30 heavy (non-hydrogen) atoms. The number of hydrogen-bond acceptors (Lipinski definition) is 4. The molecule has 1 heterocycles. The summed E-state index contributed by atoms with van der Waals surface area (Å²) in [7, 11) is 0. The van der Waals surface area contributed by atoms with Crippen LogP contribution in [0.5, 0.6) is 17.2 Å². The summed E-state index contributed by atoms with van der Waals surface area (Å²) in [4.78, 5) is 12.6. The second-order valence-corrected chi connectivity index (χ2v) is 7.84. The van der Waals surface area contributed by atoms with Crippen LogP contribution in [0, 0.1) is 5.92 Å². The maximum Gasteiger partial charge on any atom is 0.258 e. The number of benzene rings is 3. The van der Waals surface area contributed by atoms with Crippen molar-refractivity contribution in [3.8, 4) is 17.2 Å². The van der Waals surface area contributed by atoms with Crippen molar-refractivity contribution in [1.82, 2.24) is 5.32 Å². The van der Waals surface area contributed by atoms with Gasteiger partial charge in [0.15, 0.2) is 18.1 Å². The van der Waals surface area contributed by atoms with Crippen LogP contribution in [-0.4, -0.2) is 25.7 Å². The zero-order valence-corrected chi connectivity index (χ0v) is 17.4. The van der Waals surface area contributed by atoms with Crippen LogP contribution in [0.3, 0.4) is 0 Å². The second kappa shape index (κ2) is 9.08. The molecule has 0 bridgehead atoms. The van der Waals surface area contributed by atoms with Gasteiger partial charge in [-0.15, -0.1) is 0 Å². The molecular formula is C25H27NO4. The molecule has 0 aliphatic carbocycles. The summed E-state index contributed by atoms with van der Waals surface area (Å²) in [5.74, 6) is 2.22. The molecular weight excluding hydrogens is 378 g/mol. The molecule has 3 aromatic rings. The Kier molecular flexibility index (Phi) is 6.07. The molecule has 1 amide bonds. The van der Waals surface area contributed by atoms with E-state index in [1.807, 2.05) is 60.7 Å². The first kappa shape index (κ1) is 20.1. The molecule has 0 radical (unpaired) electrons. The molecule has 0 unspecified atom stereocenters. The van der Waals surface area contributed by atoms with Crippen LogP contribution in [0.15, 0.2) is 60.7 Å². The summed E-state index contributed by atoms with van der Waals surface area (Å²) >= 11 is 0. The quantitative estimate of drug-likeness (QED) is 0.634. The average Bonchev–Trinajstić information content (AvgIpc) is 3.00. The minimum absolute atomic E-state index is 0.0356. The Balaban J connectivity index is 1.42. The molecule has 1 N–H and O–H groups in total. The smallest absolute Gasteiger partial charge is 0.258 e. The zero-order valence-electron chi connectivity index (χ0n) is 17.4. The number of fused-ring (bicyclic) bond motifs is 2. The monoisotopic (exact) mass is 405 g/mol. The van der Waals surface area contributed by atoms with Crippen molar-refractivity contribution in [3.63, 3.8) is 0 Å². The van der Waals surface area contributed by atoms with Gasteiger partial charge in [0.1, 0.15) is 5.75 Å². The third kappa shape index (κ3) is 4.67. The van der Waals surface area contributed by atoms with Crippen LogP contribution >= 0.6 is 0 Å². The third-order valence-electron chi connectivity index (χ3n) is 5.20. The van der Waals surface area contributed by atoms with E-state index in [0.29, 0.717) is 19.0 Å². The molecule has 5 heteroatoms. The maximum absolute atomic E-state index is 12.6. The lowest BCUT2D eigenvalue weighted by atomic mass is 9.95.